The summed E-state index contributed by atoms with van der Waals surface area (Å²) in [7, 11) is 0. The van der Waals surface area contributed by atoms with Gasteiger partial charge in [-0.3, -0.25) is 5.01 Å². The predicted octanol–water partition coefficient (Wildman–Crippen LogP) is 0.802. The first-order valence-corrected chi connectivity index (χ1v) is 3.84. The fraction of sp³-hybridized carbons (Fsp3) is 0.857. The highest BCUT2D eigenvalue weighted by Gasteiger charge is 2.59. The Hall–Kier alpha value is -1.20. The number of aliphatic carboxylic acids is 1. The lowest BCUT2D eigenvalue weighted by Gasteiger charge is -2.27. The molecule has 1 N–H and O–H groups in total. The lowest BCUT2D eigenvalue weighted by Crippen LogP contribution is -2.46. The van der Waals surface area contributed by atoms with Crippen LogP contribution in [-0.2, 0) is 4.79 Å². The second-order valence-electron chi connectivity index (χ2n) is 3.89. The maximum Gasteiger partial charge on any atom is 0.344 e. The standard InChI is InChI=1S/C7H11FN2O3/c1-6(2)3-10(9-13)4-7(6,8)5(11)12/h3-4H2,1-2H3,(H,11,12). The second-order valence-corrected chi connectivity index (χ2v) is 3.89. The molecule has 0 aromatic carbocycles. The summed E-state index contributed by atoms with van der Waals surface area (Å²) in [5, 5.41) is 12.1. The van der Waals surface area contributed by atoms with E-state index in [2.05, 4.69) is 5.29 Å². The Morgan fingerprint density at radius 1 is 1.54 bits per heavy atom. The zero-order valence-electron chi connectivity index (χ0n) is 7.45. The van der Waals surface area contributed by atoms with Gasteiger partial charge in [0.15, 0.2) is 0 Å². The minimum atomic E-state index is -2.39. The molecule has 5 nitrogen and oxygen atoms in total. The average molecular weight is 190 g/mol. The molecule has 0 saturated carbocycles. The zero-order valence-corrected chi connectivity index (χ0v) is 7.45. The molecular formula is C7H11FN2O3. The van der Waals surface area contributed by atoms with Crippen molar-refractivity contribution < 1.29 is 14.3 Å². The first-order chi connectivity index (χ1) is 5.83. The van der Waals surface area contributed by atoms with Gasteiger partial charge in [-0.25, -0.2) is 9.18 Å². The van der Waals surface area contributed by atoms with E-state index in [1.807, 2.05) is 0 Å². The van der Waals surface area contributed by atoms with Crippen LogP contribution in [0.1, 0.15) is 13.8 Å². The molecule has 0 spiro atoms. The van der Waals surface area contributed by atoms with Crippen molar-refractivity contribution in [3.63, 3.8) is 0 Å². The summed E-state index contributed by atoms with van der Waals surface area (Å²) in [6, 6.07) is 0. The molecule has 0 bridgehead atoms. The maximum absolute atomic E-state index is 13.8. The van der Waals surface area contributed by atoms with E-state index >= 15 is 0 Å². The van der Waals surface area contributed by atoms with E-state index < -0.39 is 23.6 Å². The minimum Gasteiger partial charge on any atom is -0.479 e. The van der Waals surface area contributed by atoms with Gasteiger partial charge >= 0.3 is 5.97 Å². The molecule has 0 aromatic heterocycles. The summed E-state index contributed by atoms with van der Waals surface area (Å²) in [5.74, 6) is -1.54. The number of carboxylic acid groups (broad SMARTS) is 1. The van der Waals surface area contributed by atoms with Crippen molar-refractivity contribution in [2.75, 3.05) is 13.1 Å². The van der Waals surface area contributed by atoms with Gasteiger partial charge in [-0.2, -0.15) is 0 Å². The van der Waals surface area contributed by atoms with Gasteiger partial charge < -0.3 is 5.11 Å². The predicted molar refractivity (Wildman–Crippen MR) is 42.6 cm³/mol. The molecule has 1 heterocycles. The van der Waals surface area contributed by atoms with Gasteiger partial charge in [-0.15, -0.1) is 4.91 Å². The quantitative estimate of drug-likeness (QED) is 0.654. The number of hydrogen-bond donors (Lipinski definition) is 1. The van der Waals surface area contributed by atoms with Crippen molar-refractivity contribution in [3.05, 3.63) is 4.91 Å². The van der Waals surface area contributed by atoms with Crippen molar-refractivity contribution in [1.82, 2.24) is 5.01 Å². The minimum absolute atomic E-state index is 0.0271. The molecule has 1 saturated heterocycles. The number of alkyl halides is 1. The molecule has 74 valence electrons. The monoisotopic (exact) mass is 190 g/mol. The normalized spacial score (nSPS) is 31.8. The smallest absolute Gasteiger partial charge is 0.344 e. The molecule has 1 aliphatic rings. The first kappa shape index (κ1) is 9.88. The third-order valence-electron chi connectivity index (χ3n) is 2.51. The lowest BCUT2D eigenvalue weighted by atomic mass is 9.79. The highest BCUT2D eigenvalue weighted by molar-refractivity contribution is 5.79. The van der Waals surface area contributed by atoms with Crippen LogP contribution < -0.4 is 0 Å². The first-order valence-electron chi connectivity index (χ1n) is 3.84. The SMILES string of the molecule is CC1(C)CN(N=O)CC1(F)C(=O)O. The van der Waals surface area contributed by atoms with Crippen LogP contribution in [0, 0.1) is 10.3 Å². The van der Waals surface area contributed by atoms with Crippen molar-refractivity contribution in [3.8, 4) is 0 Å². The van der Waals surface area contributed by atoms with E-state index in [0.717, 1.165) is 5.01 Å². The largest absolute Gasteiger partial charge is 0.479 e. The summed E-state index contributed by atoms with van der Waals surface area (Å²) in [6.07, 6.45) is 0. The Labute approximate surface area is 74.5 Å². The summed E-state index contributed by atoms with van der Waals surface area (Å²) in [5.41, 5.74) is -3.48. The average Bonchev–Trinajstić information content (AvgIpc) is 2.24. The van der Waals surface area contributed by atoms with Crippen molar-refractivity contribution in [2.24, 2.45) is 10.7 Å². The Bertz CT molecular complexity index is 256. The number of nitrogens with zero attached hydrogens (tertiary/aromatic N) is 2. The lowest BCUT2D eigenvalue weighted by molar-refractivity contribution is -0.156. The summed E-state index contributed by atoms with van der Waals surface area (Å²) in [4.78, 5) is 20.8. The van der Waals surface area contributed by atoms with Gasteiger partial charge in [-0.05, 0) is 0 Å². The summed E-state index contributed by atoms with van der Waals surface area (Å²) in [6.45, 7) is 2.48. The molecule has 0 aliphatic carbocycles. The van der Waals surface area contributed by atoms with Gasteiger partial charge in [0, 0.05) is 12.0 Å². The van der Waals surface area contributed by atoms with Crippen molar-refractivity contribution in [2.45, 2.75) is 19.5 Å². The van der Waals surface area contributed by atoms with E-state index in [9.17, 15) is 14.1 Å². The number of rotatable bonds is 2. The van der Waals surface area contributed by atoms with Crippen LogP contribution in [0.4, 0.5) is 4.39 Å². The van der Waals surface area contributed by atoms with Crippen molar-refractivity contribution >= 4 is 5.97 Å². The van der Waals surface area contributed by atoms with E-state index in [-0.39, 0.29) is 6.54 Å². The third-order valence-corrected chi connectivity index (χ3v) is 2.51. The highest BCUT2D eigenvalue weighted by atomic mass is 19.1. The van der Waals surface area contributed by atoms with Crippen LogP contribution in [0.3, 0.4) is 0 Å². The van der Waals surface area contributed by atoms with E-state index in [1.54, 1.807) is 0 Å². The molecule has 0 amide bonds. The molecule has 0 aromatic rings. The van der Waals surface area contributed by atoms with Crippen molar-refractivity contribution in [1.29, 1.82) is 0 Å². The van der Waals surface area contributed by atoms with Crippen LogP contribution >= 0.6 is 0 Å². The topological polar surface area (TPSA) is 70.0 Å². The van der Waals surface area contributed by atoms with E-state index in [1.165, 1.54) is 13.8 Å². The molecular weight excluding hydrogens is 179 g/mol. The third kappa shape index (κ3) is 1.26. The van der Waals surface area contributed by atoms with Crippen LogP contribution in [0.15, 0.2) is 5.29 Å². The van der Waals surface area contributed by atoms with Gasteiger partial charge in [0.2, 0.25) is 5.67 Å². The van der Waals surface area contributed by atoms with Gasteiger partial charge in [-0.1, -0.05) is 13.8 Å². The Kier molecular flexibility index (Phi) is 2.01. The number of nitroso groups, excluding NO2 is 1. The summed E-state index contributed by atoms with van der Waals surface area (Å²) >= 11 is 0. The van der Waals surface area contributed by atoms with E-state index in [0.29, 0.717) is 0 Å². The number of hydrogen-bond acceptors (Lipinski definition) is 3. The maximum atomic E-state index is 13.8. The van der Waals surface area contributed by atoms with Gasteiger partial charge in [0.1, 0.15) is 0 Å². The van der Waals surface area contributed by atoms with Crippen LogP contribution in [-0.4, -0.2) is 34.8 Å². The Balaban J connectivity index is 2.99. The molecule has 1 atom stereocenters. The van der Waals surface area contributed by atoms with Gasteiger partial charge in [0.25, 0.3) is 0 Å². The number of carbonyl (C=O) groups is 1. The molecule has 1 aliphatic heterocycles. The molecule has 1 rings (SSSR count). The van der Waals surface area contributed by atoms with Gasteiger partial charge in [0.05, 0.1) is 11.8 Å². The molecule has 6 heteroatoms. The van der Waals surface area contributed by atoms with E-state index in [4.69, 9.17) is 5.11 Å². The fourth-order valence-electron chi connectivity index (χ4n) is 1.52. The molecule has 1 unspecified atom stereocenters. The number of carboxylic acids is 1. The molecule has 1 fully saturated rings. The van der Waals surface area contributed by atoms with Crippen LogP contribution in [0.2, 0.25) is 0 Å². The highest BCUT2D eigenvalue weighted by Crippen LogP contribution is 2.42. The molecule has 13 heavy (non-hydrogen) atoms. The number of halogens is 1. The van der Waals surface area contributed by atoms with Crippen LogP contribution in [0.5, 0.6) is 0 Å². The second kappa shape index (κ2) is 2.65. The summed E-state index contributed by atoms with van der Waals surface area (Å²) < 4.78 is 13.8. The Morgan fingerprint density at radius 2 is 2.08 bits per heavy atom. The zero-order chi connectivity index (χ0) is 10.3. The molecule has 0 radical (unpaired) electrons. The fourth-order valence-corrected chi connectivity index (χ4v) is 1.52. The van der Waals surface area contributed by atoms with Crippen LogP contribution in [0.25, 0.3) is 0 Å². The Morgan fingerprint density at radius 3 is 2.31 bits per heavy atom.